The predicted octanol–water partition coefficient (Wildman–Crippen LogP) is 4.12. The average Bonchev–Trinajstić information content (AvgIpc) is 3.29. The molecule has 1 aliphatic heterocycles. The highest BCUT2D eigenvalue weighted by Crippen LogP contribution is 2.35. The lowest BCUT2D eigenvalue weighted by molar-refractivity contribution is 0.208. The van der Waals surface area contributed by atoms with E-state index >= 15 is 0 Å². The molecule has 0 saturated carbocycles. The zero-order valence-electron chi connectivity index (χ0n) is 17.6. The van der Waals surface area contributed by atoms with Crippen LogP contribution >= 0.6 is 11.5 Å². The molecule has 0 spiro atoms. The van der Waals surface area contributed by atoms with E-state index in [2.05, 4.69) is 24.6 Å². The fraction of sp³-hybridized carbons (Fsp3) is 0.217. The Morgan fingerprint density at radius 3 is 2.47 bits per heavy atom. The van der Waals surface area contributed by atoms with Gasteiger partial charge in [0.2, 0.25) is 0 Å². The maximum atomic E-state index is 12.6. The summed E-state index contributed by atoms with van der Waals surface area (Å²) in [5.74, 6) is 1.67. The van der Waals surface area contributed by atoms with Crippen LogP contribution in [-0.4, -0.2) is 58.6 Å². The van der Waals surface area contributed by atoms with Crippen molar-refractivity contribution in [1.29, 1.82) is 0 Å². The fourth-order valence-electron chi connectivity index (χ4n) is 3.76. The Balaban J connectivity index is 1.31. The molecule has 1 saturated heterocycles. The number of urea groups is 1. The number of carbonyl (C=O) groups is 1. The summed E-state index contributed by atoms with van der Waals surface area (Å²) < 4.78 is 10.9. The SMILES string of the molecule is COc1ccc(-c2nsc3c(N4CCN(C(=O)Nc5ccccc5)CC4)ncnc23)cc1. The number of benzene rings is 2. The summed E-state index contributed by atoms with van der Waals surface area (Å²) in [6, 6.07) is 17.2. The zero-order valence-corrected chi connectivity index (χ0v) is 18.4. The topological polar surface area (TPSA) is 83.5 Å². The molecule has 1 fully saturated rings. The summed E-state index contributed by atoms with van der Waals surface area (Å²) in [7, 11) is 1.65. The van der Waals surface area contributed by atoms with Crippen LogP contribution in [0.2, 0.25) is 0 Å². The van der Waals surface area contributed by atoms with Gasteiger partial charge in [-0.1, -0.05) is 18.2 Å². The van der Waals surface area contributed by atoms with Gasteiger partial charge in [0.1, 0.15) is 28.0 Å². The summed E-state index contributed by atoms with van der Waals surface area (Å²) in [5, 5.41) is 2.95. The van der Waals surface area contributed by atoms with Crippen molar-refractivity contribution in [2.45, 2.75) is 0 Å². The molecule has 8 nitrogen and oxygen atoms in total. The van der Waals surface area contributed by atoms with E-state index in [9.17, 15) is 4.79 Å². The van der Waals surface area contributed by atoms with Gasteiger partial charge in [0.25, 0.3) is 0 Å². The minimum absolute atomic E-state index is 0.0803. The summed E-state index contributed by atoms with van der Waals surface area (Å²) in [4.78, 5) is 25.7. The highest BCUT2D eigenvalue weighted by molar-refractivity contribution is 7.14. The van der Waals surface area contributed by atoms with E-state index in [1.165, 1.54) is 11.5 Å². The maximum Gasteiger partial charge on any atom is 0.321 e. The number of ether oxygens (including phenoxy) is 1. The smallest absolute Gasteiger partial charge is 0.321 e. The van der Waals surface area contributed by atoms with Crippen LogP contribution in [0, 0.1) is 0 Å². The second-order valence-electron chi connectivity index (χ2n) is 7.40. The molecule has 2 aromatic heterocycles. The van der Waals surface area contributed by atoms with E-state index in [-0.39, 0.29) is 6.03 Å². The summed E-state index contributed by atoms with van der Waals surface area (Å²) >= 11 is 1.41. The summed E-state index contributed by atoms with van der Waals surface area (Å²) in [6.07, 6.45) is 1.59. The molecule has 1 aliphatic rings. The number of carbonyl (C=O) groups excluding carboxylic acids is 1. The van der Waals surface area contributed by atoms with Crippen LogP contribution in [0.25, 0.3) is 21.5 Å². The average molecular weight is 447 g/mol. The first-order valence-electron chi connectivity index (χ1n) is 10.3. The van der Waals surface area contributed by atoms with Gasteiger partial charge >= 0.3 is 6.03 Å². The number of rotatable bonds is 4. The van der Waals surface area contributed by atoms with Gasteiger partial charge in [-0.3, -0.25) is 0 Å². The Labute approximate surface area is 189 Å². The molecule has 9 heteroatoms. The van der Waals surface area contributed by atoms with Gasteiger partial charge in [0, 0.05) is 37.4 Å². The molecule has 32 heavy (non-hydrogen) atoms. The standard InChI is InChI=1S/C23H22N6O2S/c1-31-18-9-7-16(8-10-18)19-20-21(32-27-19)22(25-15-24-20)28-11-13-29(14-12-28)23(30)26-17-5-3-2-4-6-17/h2-10,15H,11-14H2,1H3,(H,26,30). The van der Waals surface area contributed by atoms with Crippen LogP contribution in [0.3, 0.4) is 0 Å². The number of piperazine rings is 1. The third-order valence-corrected chi connectivity index (χ3v) is 6.32. The van der Waals surface area contributed by atoms with E-state index in [4.69, 9.17) is 4.74 Å². The van der Waals surface area contributed by atoms with Crippen molar-refractivity contribution >= 4 is 39.3 Å². The molecule has 0 bridgehead atoms. The van der Waals surface area contributed by atoms with Crippen LogP contribution in [0.5, 0.6) is 5.75 Å². The van der Waals surface area contributed by atoms with Crippen molar-refractivity contribution in [3.63, 3.8) is 0 Å². The lowest BCUT2D eigenvalue weighted by atomic mass is 10.1. The van der Waals surface area contributed by atoms with Crippen molar-refractivity contribution in [2.75, 3.05) is 43.5 Å². The highest BCUT2D eigenvalue weighted by Gasteiger charge is 2.25. The summed E-state index contributed by atoms with van der Waals surface area (Å²) in [6.45, 7) is 2.64. The molecule has 162 valence electrons. The number of aromatic nitrogens is 3. The number of nitrogens with zero attached hydrogens (tertiary/aromatic N) is 5. The molecule has 4 aromatic rings. The Bertz CT molecular complexity index is 1220. The second-order valence-corrected chi connectivity index (χ2v) is 8.18. The zero-order chi connectivity index (χ0) is 21.9. The van der Waals surface area contributed by atoms with Crippen molar-refractivity contribution in [2.24, 2.45) is 0 Å². The third-order valence-electron chi connectivity index (χ3n) is 5.49. The van der Waals surface area contributed by atoms with Gasteiger partial charge in [0.05, 0.1) is 7.11 Å². The van der Waals surface area contributed by atoms with Crippen LogP contribution in [0.15, 0.2) is 60.9 Å². The molecule has 1 N–H and O–H groups in total. The van der Waals surface area contributed by atoms with E-state index in [0.717, 1.165) is 38.7 Å². The second kappa shape index (κ2) is 8.80. The lowest BCUT2D eigenvalue weighted by Gasteiger charge is -2.35. The minimum atomic E-state index is -0.0803. The van der Waals surface area contributed by atoms with Crippen LogP contribution in [0.1, 0.15) is 0 Å². The molecule has 3 heterocycles. The van der Waals surface area contributed by atoms with Crippen molar-refractivity contribution in [3.8, 4) is 17.0 Å². The quantitative estimate of drug-likeness (QED) is 0.508. The Hall–Kier alpha value is -3.72. The van der Waals surface area contributed by atoms with Crippen molar-refractivity contribution < 1.29 is 9.53 Å². The number of hydrogen-bond acceptors (Lipinski definition) is 7. The van der Waals surface area contributed by atoms with E-state index in [1.54, 1.807) is 13.4 Å². The van der Waals surface area contributed by atoms with Gasteiger partial charge in [0.15, 0.2) is 5.82 Å². The first kappa shape index (κ1) is 20.2. The molecule has 2 aromatic carbocycles. The first-order chi connectivity index (χ1) is 15.7. The maximum absolute atomic E-state index is 12.6. The summed E-state index contributed by atoms with van der Waals surface area (Å²) in [5.41, 5.74) is 3.48. The minimum Gasteiger partial charge on any atom is -0.497 e. The van der Waals surface area contributed by atoms with Gasteiger partial charge in [-0.15, -0.1) is 0 Å². The van der Waals surface area contributed by atoms with Gasteiger partial charge in [-0.25, -0.2) is 14.8 Å². The first-order valence-corrected chi connectivity index (χ1v) is 11.1. The molecule has 0 atom stereocenters. The number of para-hydroxylation sites is 1. The number of fused-ring (bicyclic) bond motifs is 1. The highest BCUT2D eigenvalue weighted by atomic mass is 32.1. The third kappa shape index (κ3) is 3.94. The van der Waals surface area contributed by atoms with E-state index in [1.807, 2.05) is 59.5 Å². The van der Waals surface area contributed by atoms with Crippen LogP contribution in [-0.2, 0) is 0 Å². The Morgan fingerprint density at radius 1 is 1.00 bits per heavy atom. The Kier molecular flexibility index (Phi) is 5.55. The number of nitrogens with one attached hydrogen (secondary N) is 1. The number of amides is 2. The van der Waals surface area contributed by atoms with Crippen LogP contribution < -0.4 is 15.0 Å². The Morgan fingerprint density at radius 2 is 1.75 bits per heavy atom. The van der Waals surface area contributed by atoms with E-state index in [0.29, 0.717) is 26.2 Å². The fourth-order valence-corrected chi connectivity index (χ4v) is 4.63. The molecule has 2 amide bonds. The van der Waals surface area contributed by atoms with Crippen LogP contribution in [0.4, 0.5) is 16.3 Å². The van der Waals surface area contributed by atoms with Crippen molar-refractivity contribution in [1.82, 2.24) is 19.2 Å². The van der Waals surface area contributed by atoms with E-state index < -0.39 is 0 Å². The molecular weight excluding hydrogens is 424 g/mol. The van der Waals surface area contributed by atoms with Gasteiger partial charge < -0.3 is 19.9 Å². The molecule has 5 rings (SSSR count). The molecule has 0 unspecified atom stereocenters. The largest absolute Gasteiger partial charge is 0.497 e. The number of methoxy groups -OCH3 is 1. The van der Waals surface area contributed by atoms with Crippen molar-refractivity contribution in [3.05, 3.63) is 60.9 Å². The molecule has 0 aliphatic carbocycles. The normalized spacial score (nSPS) is 13.9. The molecule has 0 radical (unpaired) electrons. The molecular formula is C23H22N6O2S. The lowest BCUT2D eigenvalue weighted by Crippen LogP contribution is -2.50. The van der Waals surface area contributed by atoms with Gasteiger partial charge in [-0.05, 0) is 47.9 Å². The monoisotopic (exact) mass is 446 g/mol. The predicted molar refractivity (Wildman–Crippen MR) is 126 cm³/mol. The van der Waals surface area contributed by atoms with Gasteiger partial charge in [-0.2, -0.15) is 4.37 Å². The number of hydrogen-bond donors (Lipinski definition) is 1. The number of anilines is 2.